The van der Waals surface area contributed by atoms with Crippen LogP contribution >= 0.6 is 0 Å². The third-order valence-corrected chi connectivity index (χ3v) is 1.42. The second kappa shape index (κ2) is 4.49. The number of rotatable bonds is 3. The van der Waals surface area contributed by atoms with Gasteiger partial charge in [0.1, 0.15) is 0 Å². The summed E-state index contributed by atoms with van der Waals surface area (Å²) in [6.07, 6.45) is 1.97. The molecule has 0 unspecified atom stereocenters. The molecule has 63 valence electrons. The molecule has 3 heteroatoms. The van der Waals surface area contributed by atoms with Gasteiger partial charge in [0, 0.05) is 12.6 Å². The number of carbonyl (C=O) groups excluding carboxylic acids is 1. The quantitative estimate of drug-likeness (QED) is 0.720. The first-order valence-electron chi connectivity index (χ1n) is 3.79. The van der Waals surface area contributed by atoms with Crippen molar-refractivity contribution >= 4 is 5.91 Å². The number of carbonyl (C=O) groups is 1. The molecule has 1 aromatic heterocycles. The number of aromatic nitrogens is 1. The van der Waals surface area contributed by atoms with Gasteiger partial charge in [-0.2, -0.15) is 0 Å². The highest BCUT2D eigenvalue weighted by atomic mass is 16.1. The normalized spacial score (nSPS) is 9.42. The van der Waals surface area contributed by atoms with Crippen LogP contribution in [0.1, 0.15) is 12.1 Å². The largest absolute Gasteiger partial charge is 0.350 e. The molecule has 0 aliphatic carbocycles. The van der Waals surface area contributed by atoms with Gasteiger partial charge in [-0.15, -0.1) is 0 Å². The van der Waals surface area contributed by atoms with Gasteiger partial charge in [0.25, 0.3) is 0 Å². The van der Waals surface area contributed by atoms with Crippen molar-refractivity contribution in [2.45, 2.75) is 13.0 Å². The maximum absolute atomic E-state index is 10.8. The van der Waals surface area contributed by atoms with Gasteiger partial charge >= 0.3 is 0 Å². The molecule has 0 saturated heterocycles. The minimum Gasteiger partial charge on any atom is -0.350 e. The Bertz CT molecular complexity index is 246. The highest BCUT2D eigenvalue weighted by Gasteiger charge is 1.96. The zero-order chi connectivity index (χ0) is 8.81. The molecule has 1 amide bonds. The Morgan fingerprint density at radius 2 is 2.42 bits per heavy atom. The van der Waals surface area contributed by atoms with E-state index in [1.807, 2.05) is 18.2 Å². The van der Waals surface area contributed by atoms with E-state index < -0.39 is 0 Å². The molecule has 0 aliphatic heterocycles. The van der Waals surface area contributed by atoms with Crippen molar-refractivity contribution in [3.05, 3.63) is 37.0 Å². The SMILES string of the molecule is [CH2]CC(=O)NCc1ccccn1. The van der Waals surface area contributed by atoms with Gasteiger partial charge in [0.15, 0.2) is 0 Å². The molecule has 0 spiro atoms. The summed E-state index contributed by atoms with van der Waals surface area (Å²) in [5.74, 6) is -0.0550. The van der Waals surface area contributed by atoms with Gasteiger partial charge in [-0.25, -0.2) is 0 Å². The molecular weight excluding hydrogens is 152 g/mol. The molecule has 0 saturated carbocycles. The second-order valence-electron chi connectivity index (χ2n) is 2.35. The fourth-order valence-corrected chi connectivity index (χ4v) is 0.780. The Kier molecular flexibility index (Phi) is 3.26. The van der Waals surface area contributed by atoms with E-state index in [0.717, 1.165) is 5.69 Å². The fourth-order valence-electron chi connectivity index (χ4n) is 0.780. The van der Waals surface area contributed by atoms with E-state index in [-0.39, 0.29) is 12.3 Å². The maximum Gasteiger partial charge on any atom is 0.220 e. The molecule has 1 N–H and O–H groups in total. The van der Waals surface area contributed by atoms with Gasteiger partial charge in [-0.1, -0.05) is 6.07 Å². The number of nitrogens with one attached hydrogen (secondary N) is 1. The zero-order valence-electron chi connectivity index (χ0n) is 6.79. The van der Waals surface area contributed by atoms with Gasteiger partial charge < -0.3 is 5.32 Å². The number of amides is 1. The van der Waals surface area contributed by atoms with Crippen molar-refractivity contribution in [1.29, 1.82) is 0 Å². The number of hydrogen-bond acceptors (Lipinski definition) is 2. The lowest BCUT2D eigenvalue weighted by atomic mass is 10.3. The van der Waals surface area contributed by atoms with Gasteiger partial charge in [0.2, 0.25) is 5.91 Å². The van der Waals surface area contributed by atoms with Gasteiger partial charge in [-0.05, 0) is 19.1 Å². The molecule has 1 rings (SSSR count). The summed E-state index contributed by atoms with van der Waals surface area (Å²) in [6, 6.07) is 5.59. The van der Waals surface area contributed by atoms with Crippen LogP contribution in [-0.2, 0) is 11.3 Å². The van der Waals surface area contributed by atoms with Crippen molar-refractivity contribution < 1.29 is 4.79 Å². The number of nitrogens with zero attached hydrogens (tertiary/aromatic N) is 1. The van der Waals surface area contributed by atoms with E-state index in [9.17, 15) is 4.79 Å². The first kappa shape index (κ1) is 8.71. The topological polar surface area (TPSA) is 42.0 Å². The van der Waals surface area contributed by atoms with Crippen LogP contribution in [0, 0.1) is 6.92 Å². The molecule has 3 nitrogen and oxygen atoms in total. The van der Waals surface area contributed by atoms with Crippen LogP contribution in [0.15, 0.2) is 24.4 Å². The van der Waals surface area contributed by atoms with Crippen molar-refractivity contribution in [2.75, 3.05) is 0 Å². The highest BCUT2D eigenvalue weighted by molar-refractivity contribution is 5.76. The Morgan fingerprint density at radius 1 is 1.58 bits per heavy atom. The predicted octanol–water partition coefficient (Wildman–Crippen LogP) is 0.922. The summed E-state index contributed by atoms with van der Waals surface area (Å²) < 4.78 is 0. The molecular formula is C9H11N2O. The standard InChI is InChI=1S/C9H11N2O/c1-2-9(12)11-7-8-5-3-4-6-10-8/h3-6H,1-2,7H2,(H,11,12). The third kappa shape index (κ3) is 2.70. The number of hydrogen-bond donors (Lipinski definition) is 1. The summed E-state index contributed by atoms with van der Waals surface area (Å²) in [4.78, 5) is 14.8. The summed E-state index contributed by atoms with van der Waals surface area (Å²) >= 11 is 0. The lowest BCUT2D eigenvalue weighted by molar-refractivity contribution is -0.120. The van der Waals surface area contributed by atoms with Gasteiger partial charge in [0.05, 0.1) is 12.2 Å². The van der Waals surface area contributed by atoms with Crippen molar-refractivity contribution in [2.24, 2.45) is 0 Å². The summed E-state index contributed by atoms with van der Waals surface area (Å²) in [7, 11) is 0. The fraction of sp³-hybridized carbons (Fsp3) is 0.222. The van der Waals surface area contributed by atoms with Crippen LogP contribution in [0.25, 0.3) is 0 Å². The number of pyridine rings is 1. The van der Waals surface area contributed by atoms with E-state index in [1.165, 1.54) is 0 Å². The second-order valence-corrected chi connectivity index (χ2v) is 2.35. The predicted molar refractivity (Wildman–Crippen MR) is 46.1 cm³/mol. The Balaban J connectivity index is 2.38. The van der Waals surface area contributed by atoms with Crippen LogP contribution in [-0.4, -0.2) is 10.9 Å². The summed E-state index contributed by atoms with van der Waals surface area (Å²) in [6.45, 7) is 3.95. The van der Waals surface area contributed by atoms with E-state index in [1.54, 1.807) is 6.20 Å². The zero-order valence-corrected chi connectivity index (χ0v) is 6.79. The van der Waals surface area contributed by atoms with Crippen LogP contribution in [0.4, 0.5) is 0 Å². The summed E-state index contributed by atoms with van der Waals surface area (Å²) in [5.41, 5.74) is 0.860. The van der Waals surface area contributed by atoms with Crippen LogP contribution in [0.2, 0.25) is 0 Å². The van der Waals surface area contributed by atoms with E-state index in [2.05, 4.69) is 17.2 Å². The highest BCUT2D eigenvalue weighted by Crippen LogP contribution is 1.91. The molecule has 0 bridgehead atoms. The average molecular weight is 163 g/mol. The van der Waals surface area contributed by atoms with Crippen molar-refractivity contribution in [3.63, 3.8) is 0 Å². The van der Waals surface area contributed by atoms with Crippen molar-refractivity contribution in [3.8, 4) is 0 Å². The lowest BCUT2D eigenvalue weighted by Crippen LogP contribution is -2.21. The molecule has 12 heavy (non-hydrogen) atoms. The molecule has 1 radical (unpaired) electrons. The van der Waals surface area contributed by atoms with E-state index in [4.69, 9.17) is 0 Å². The molecule has 0 atom stereocenters. The molecule has 1 heterocycles. The third-order valence-electron chi connectivity index (χ3n) is 1.42. The first-order valence-corrected chi connectivity index (χ1v) is 3.79. The minimum absolute atomic E-state index is 0.0550. The first-order chi connectivity index (χ1) is 5.83. The Hall–Kier alpha value is -1.38. The lowest BCUT2D eigenvalue weighted by Gasteiger charge is -2.01. The smallest absolute Gasteiger partial charge is 0.220 e. The van der Waals surface area contributed by atoms with E-state index in [0.29, 0.717) is 6.54 Å². The van der Waals surface area contributed by atoms with Crippen LogP contribution < -0.4 is 5.32 Å². The van der Waals surface area contributed by atoms with Crippen molar-refractivity contribution in [1.82, 2.24) is 10.3 Å². The maximum atomic E-state index is 10.8. The Labute approximate surface area is 71.8 Å². The molecule has 0 aromatic carbocycles. The average Bonchev–Trinajstić information content (AvgIpc) is 2.16. The molecule has 1 aromatic rings. The van der Waals surface area contributed by atoms with Crippen LogP contribution in [0.3, 0.4) is 0 Å². The van der Waals surface area contributed by atoms with Crippen LogP contribution in [0.5, 0.6) is 0 Å². The Morgan fingerprint density at radius 3 is 3.00 bits per heavy atom. The van der Waals surface area contributed by atoms with Gasteiger partial charge in [-0.3, -0.25) is 9.78 Å². The molecule has 0 aliphatic rings. The summed E-state index contributed by atoms with van der Waals surface area (Å²) in [5, 5.41) is 2.68. The monoisotopic (exact) mass is 163 g/mol. The molecule has 0 fully saturated rings. The van der Waals surface area contributed by atoms with E-state index >= 15 is 0 Å². The minimum atomic E-state index is -0.0550.